The Bertz CT molecular complexity index is 431. The summed E-state index contributed by atoms with van der Waals surface area (Å²) in [6.07, 6.45) is 2.25. The van der Waals surface area contributed by atoms with E-state index in [0.29, 0.717) is 12.8 Å². The van der Waals surface area contributed by atoms with E-state index >= 15 is 0 Å². The summed E-state index contributed by atoms with van der Waals surface area (Å²) in [4.78, 5) is 23.5. The third kappa shape index (κ3) is 4.20. The maximum atomic E-state index is 11.9. The second-order valence-electron chi connectivity index (χ2n) is 7.48. The van der Waals surface area contributed by atoms with Gasteiger partial charge in [-0.05, 0) is 46.0 Å². The van der Waals surface area contributed by atoms with Crippen molar-refractivity contribution in [3.63, 3.8) is 0 Å². The molecule has 1 fully saturated rings. The van der Waals surface area contributed by atoms with E-state index in [4.69, 9.17) is 10.5 Å². The quantitative estimate of drug-likeness (QED) is 0.645. The van der Waals surface area contributed by atoms with Crippen molar-refractivity contribution in [3.05, 3.63) is 0 Å². The molecule has 0 radical (unpaired) electrons. The lowest BCUT2D eigenvalue weighted by Crippen LogP contribution is -2.62. The highest BCUT2D eigenvalue weighted by molar-refractivity contribution is 5.81. The van der Waals surface area contributed by atoms with E-state index < -0.39 is 22.7 Å². The first-order valence-electron chi connectivity index (χ1n) is 7.90. The number of hydrogen-bond acceptors (Lipinski definition) is 5. The van der Waals surface area contributed by atoms with Gasteiger partial charge in [0.25, 0.3) is 0 Å². The lowest BCUT2D eigenvalue weighted by atomic mass is 9.80. The first kappa shape index (κ1) is 18.9. The zero-order valence-corrected chi connectivity index (χ0v) is 14.0. The van der Waals surface area contributed by atoms with Crippen molar-refractivity contribution >= 4 is 11.9 Å². The topological polar surface area (TPSA) is 110 Å². The maximum absolute atomic E-state index is 11.9. The fourth-order valence-corrected chi connectivity index (χ4v) is 3.22. The van der Waals surface area contributed by atoms with Crippen LogP contribution in [-0.2, 0) is 14.3 Å². The number of rotatable bonds is 6. The maximum Gasteiger partial charge on any atom is 0.326 e. The van der Waals surface area contributed by atoms with Crippen LogP contribution in [0.5, 0.6) is 0 Å². The number of aliphatic carboxylic acids is 1. The van der Waals surface area contributed by atoms with Gasteiger partial charge in [0.2, 0.25) is 0 Å². The minimum Gasteiger partial charge on any atom is -0.480 e. The second-order valence-corrected chi connectivity index (χ2v) is 7.48. The van der Waals surface area contributed by atoms with Crippen molar-refractivity contribution in [1.82, 2.24) is 0 Å². The third-order valence-corrected chi connectivity index (χ3v) is 4.27. The second kappa shape index (κ2) is 6.54. The van der Waals surface area contributed by atoms with Crippen LogP contribution in [0.1, 0.15) is 66.2 Å². The fourth-order valence-electron chi connectivity index (χ4n) is 3.22. The van der Waals surface area contributed by atoms with Crippen LogP contribution >= 0.6 is 0 Å². The minimum atomic E-state index is -1.70. The normalized spacial score (nSPS) is 32.0. The standard InChI is InChI=1S/C16H29NO5/c1-5-6-7-15(21)9-11(10-16(15,17)13(19)20)8-12(18)22-14(2,3)4/h11,21H,5-10,17H2,1-4H3,(H,19,20). The van der Waals surface area contributed by atoms with Crippen molar-refractivity contribution in [2.24, 2.45) is 11.7 Å². The highest BCUT2D eigenvalue weighted by atomic mass is 16.6. The van der Waals surface area contributed by atoms with Gasteiger partial charge in [-0.2, -0.15) is 0 Å². The van der Waals surface area contributed by atoms with Crippen LogP contribution in [0.4, 0.5) is 0 Å². The third-order valence-electron chi connectivity index (χ3n) is 4.27. The predicted octanol–water partition coefficient (Wildman–Crippen LogP) is 1.83. The van der Waals surface area contributed by atoms with Gasteiger partial charge in [0.1, 0.15) is 11.1 Å². The molecule has 0 amide bonds. The molecule has 128 valence electrons. The molecule has 1 aliphatic carbocycles. The number of esters is 1. The Balaban J connectivity index is 2.82. The summed E-state index contributed by atoms with van der Waals surface area (Å²) in [5.41, 5.74) is 2.26. The molecule has 0 bridgehead atoms. The average Bonchev–Trinajstić information content (AvgIpc) is 2.57. The van der Waals surface area contributed by atoms with Gasteiger partial charge in [0.05, 0.1) is 5.60 Å². The number of carbonyl (C=O) groups excluding carboxylic acids is 1. The van der Waals surface area contributed by atoms with Crippen molar-refractivity contribution in [1.29, 1.82) is 0 Å². The van der Waals surface area contributed by atoms with Crippen LogP contribution in [0.15, 0.2) is 0 Å². The van der Waals surface area contributed by atoms with Crippen LogP contribution in [0.25, 0.3) is 0 Å². The first-order valence-corrected chi connectivity index (χ1v) is 7.90. The minimum absolute atomic E-state index is 0.0813. The van der Waals surface area contributed by atoms with Gasteiger partial charge in [0, 0.05) is 6.42 Å². The van der Waals surface area contributed by atoms with Crippen LogP contribution in [0, 0.1) is 5.92 Å². The van der Waals surface area contributed by atoms with Gasteiger partial charge in [-0.1, -0.05) is 19.8 Å². The molecular weight excluding hydrogens is 286 g/mol. The molecule has 0 heterocycles. The number of unbranched alkanes of at least 4 members (excludes halogenated alkanes) is 1. The Morgan fingerprint density at radius 3 is 2.36 bits per heavy atom. The fraction of sp³-hybridized carbons (Fsp3) is 0.875. The number of ether oxygens (including phenoxy) is 1. The zero-order valence-electron chi connectivity index (χ0n) is 14.0. The largest absolute Gasteiger partial charge is 0.480 e. The summed E-state index contributed by atoms with van der Waals surface area (Å²) in [6.45, 7) is 7.31. The Morgan fingerprint density at radius 1 is 1.32 bits per heavy atom. The molecule has 22 heavy (non-hydrogen) atoms. The number of hydrogen-bond donors (Lipinski definition) is 3. The lowest BCUT2D eigenvalue weighted by molar-refractivity contribution is -0.156. The molecule has 3 unspecified atom stereocenters. The Kier molecular flexibility index (Phi) is 5.62. The van der Waals surface area contributed by atoms with Crippen LogP contribution < -0.4 is 5.73 Å². The molecule has 1 aliphatic rings. The zero-order chi connectivity index (χ0) is 17.2. The van der Waals surface area contributed by atoms with E-state index in [9.17, 15) is 19.8 Å². The smallest absolute Gasteiger partial charge is 0.326 e. The number of carboxylic acids is 1. The molecule has 1 saturated carbocycles. The van der Waals surface area contributed by atoms with Gasteiger partial charge in [-0.25, -0.2) is 0 Å². The molecule has 0 saturated heterocycles. The van der Waals surface area contributed by atoms with E-state index in [1.807, 2.05) is 6.92 Å². The van der Waals surface area contributed by atoms with Gasteiger partial charge < -0.3 is 20.7 Å². The van der Waals surface area contributed by atoms with Crippen molar-refractivity contribution in [3.8, 4) is 0 Å². The van der Waals surface area contributed by atoms with Crippen LogP contribution in [-0.4, -0.2) is 38.9 Å². The molecule has 0 aromatic rings. The van der Waals surface area contributed by atoms with Gasteiger partial charge >= 0.3 is 11.9 Å². The number of nitrogens with two attached hydrogens (primary N) is 1. The summed E-state index contributed by atoms with van der Waals surface area (Å²) in [6, 6.07) is 0. The summed E-state index contributed by atoms with van der Waals surface area (Å²) in [7, 11) is 0. The molecule has 0 aromatic carbocycles. The molecule has 6 nitrogen and oxygen atoms in total. The van der Waals surface area contributed by atoms with Crippen molar-refractivity contribution < 1.29 is 24.5 Å². The molecule has 0 spiro atoms. The van der Waals surface area contributed by atoms with Gasteiger partial charge in [-0.3, -0.25) is 9.59 Å². The molecule has 0 aliphatic heterocycles. The van der Waals surface area contributed by atoms with E-state index in [-0.39, 0.29) is 31.1 Å². The highest BCUT2D eigenvalue weighted by Gasteiger charge is 2.59. The summed E-state index contributed by atoms with van der Waals surface area (Å²) >= 11 is 0. The molecule has 6 heteroatoms. The molecular formula is C16H29NO5. The monoisotopic (exact) mass is 315 g/mol. The molecule has 0 aromatic heterocycles. The van der Waals surface area contributed by atoms with E-state index in [1.54, 1.807) is 20.8 Å². The van der Waals surface area contributed by atoms with Gasteiger partial charge in [0.15, 0.2) is 0 Å². The Morgan fingerprint density at radius 2 is 1.91 bits per heavy atom. The Labute approximate surface area is 132 Å². The van der Waals surface area contributed by atoms with E-state index in [2.05, 4.69) is 0 Å². The predicted molar refractivity (Wildman–Crippen MR) is 82.2 cm³/mol. The summed E-state index contributed by atoms with van der Waals surface area (Å²) in [5, 5.41) is 20.2. The van der Waals surface area contributed by atoms with Crippen LogP contribution in [0.2, 0.25) is 0 Å². The van der Waals surface area contributed by atoms with E-state index in [0.717, 1.165) is 6.42 Å². The van der Waals surface area contributed by atoms with Crippen LogP contribution in [0.3, 0.4) is 0 Å². The molecule has 1 rings (SSSR count). The summed E-state index contributed by atoms with van der Waals surface area (Å²) < 4.78 is 5.27. The summed E-state index contributed by atoms with van der Waals surface area (Å²) in [5.74, 6) is -1.87. The molecule has 3 atom stereocenters. The van der Waals surface area contributed by atoms with Gasteiger partial charge in [-0.15, -0.1) is 0 Å². The highest BCUT2D eigenvalue weighted by Crippen LogP contribution is 2.46. The van der Waals surface area contributed by atoms with Crippen molar-refractivity contribution in [2.75, 3.05) is 0 Å². The van der Waals surface area contributed by atoms with Crippen molar-refractivity contribution in [2.45, 2.75) is 83.0 Å². The molecule has 4 N–H and O–H groups in total. The number of aliphatic hydroxyl groups is 1. The SMILES string of the molecule is CCCCC1(O)CC(CC(=O)OC(C)(C)C)CC1(N)C(=O)O. The number of carbonyl (C=O) groups is 2. The number of carboxylic acid groups (broad SMARTS) is 1. The first-order chi connectivity index (χ1) is 9.93. The average molecular weight is 315 g/mol. The Hall–Kier alpha value is -1.14. The van der Waals surface area contributed by atoms with E-state index in [1.165, 1.54) is 0 Å². The lowest BCUT2D eigenvalue weighted by Gasteiger charge is -2.35.